The van der Waals surface area contributed by atoms with Gasteiger partial charge in [-0.15, -0.1) is 12.4 Å². The molecule has 0 fully saturated rings. The van der Waals surface area contributed by atoms with Crippen LogP contribution in [0.2, 0.25) is 10.0 Å². The van der Waals surface area contributed by atoms with Crippen LogP contribution in [0.15, 0.2) is 66.9 Å². The molecule has 4 rings (SSSR count). The minimum atomic E-state index is -0.452. The van der Waals surface area contributed by atoms with Crippen LogP contribution in [-0.2, 0) is 16.2 Å². The maximum atomic E-state index is 12.9. The van der Waals surface area contributed by atoms with Crippen molar-refractivity contribution in [1.29, 1.82) is 0 Å². The van der Waals surface area contributed by atoms with Crippen molar-refractivity contribution in [3.63, 3.8) is 0 Å². The number of aromatic nitrogens is 2. The SMILES string of the molecule is CNC(=O)c1ccc(/C=C/C(=O)NCC(=O)N(C)c2ccc(Cl)c(COc3cccc4ncc(C)nc34)c2Cl)cc1.Cl. The van der Waals surface area contributed by atoms with Crippen LogP contribution < -0.4 is 20.3 Å². The summed E-state index contributed by atoms with van der Waals surface area (Å²) in [7, 11) is 3.11. The van der Waals surface area contributed by atoms with Crippen molar-refractivity contribution in [2.45, 2.75) is 13.5 Å². The molecule has 0 radical (unpaired) electrons. The Balaban J connectivity index is 0.00000484. The molecule has 3 amide bonds. The number of likely N-dealkylation sites (N-methyl/N-ethyl adjacent to an activating group) is 1. The summed E-state index contributed by atoms with van der Waals surface area (Å²) in [5, 5.41) is 5.75. The molecule has 9 nitrogen and oxygen atoms in total. The summed E-state index contributed by atoms with van der Waals surface area (Å²) in [6.45, 7) is 1.63. The second-order valence-corrected chi connectivity index (χ2v) is 9.77. The first-order valence-corrected chi connectivity index (χ1v) is 13.3. The molecule has 4 aromatic rings. The average molecular weight is 629 g/mol. The van der Waals surface area contributed by atoms with Crippen LogP contribution in [0.3, 0.4) is 0 Å². The standard InChI is InChI=1S/C30H27Cl2N5O4.ClH/c1-18-15-34-23-5-4-6-25(29(23)36-18)41-17-21-22(31)12-13-24(28(21)32)37(3)27(39)16-35-26(38)14-9-19-7-10-20(11-8-19)30(40)33-2;/h4-15H,16-17H2,1-3H3,(H,33,40)(H,35,38);1H/b14-9+;. The van der Waals surface area contributed by atoms with Gasteiger partial charge in [0, 0.05) is 42.5 Å². The number of ether oxygens (including phenoxy) is 1. The van der Waals surface area contributed by atoms with E-state index in [0.29, 0.717) is 38.6 Å². The molecule has 1 aromatic heterocycles. The number of nitrogens with one attached hydrogen (secondary N) is 2. The Bertz CT molecular complexity index is 1640. The lowest BCUT2D eigenvalue weighted by molar-refractivity contribution is -0.122. The molecule has 12 heteroatoms. The largest absolute Gasteiger partial charge is 0.486 e. The third-order valence-corrected chi connectivity index (χ3v) is 6.95. The van der Waals surface area contributed by atoms with Gasteiger partial charge in [-0.1, -0.05) is 41.4 Å². The van der Waals surface area contributed by atoms with Crippen molar-refractivity contribution in [3.8, 4) is 5.75 Å². The number of hydrogen-bond acceptors (Lipinski definition) is 6. The number of hydrogen-bond donors (Lipinski definition) is 2. The van der Waals surface area contributed by atoms with E-state index in [1.807, 2.05) is 19.1 Å². The number of nitrogens with zero attached hydrogens (tertiary/aromatic N) is 3. The van der Waals surface area contributed by atoms with Gasteiger partial charge in [0.05, 0.1) is 28.5 Å². The van der Waals surface area contributed by atoms with E-state index in [4.69, 9.17) is 27.9 Å². The Morgan fingerprint density at radius 1 is 1.05 bits per heavy atom. The van der Waals surface area contributed by atoms with Gasteiger partial charge in [0.15, 0.2) is 0 Å². The van der Waals surface area contributed by atoms with Gasteiger partial charge in [0.2, 0.25) is 11.8 Å². The zero-order valence-corrected chi connectivity index (χ0v) is 25.3. The van der Waals surface area contributed by atoms with Gasteiger partial charge >= 0.3 is 0 Å². The van der Waals surface area contributed by atoms with E-state index in [2.05, 4.69) is 20.6 Å². The van der Waals surface area contributed by atoms with Crippen LogP contribution >= 0.6 is 35.6 Å². The highest BCUT2D eigenvalue weighted by atomic mass is 35.5. The van der Waals surface area contributed by atoms with Crippen molar-refractivity contribution in [2.24, 2.45) is 0 Å². The third-order valence-electron chi connectivity index (χ3n) is 6.17. The monoisotopic (exact) mass is 627 g/mol. The predicted molar refractivity (Wildman–Crippen MR) is 168 cm³/mol. The van der Waals surface area contributed by atoms with Crippen LogP contribution in [0.1, 0.15) is 27.2 Å². The highest BCUT2D eigenvalue weighted by molar-refractivity contribution is 6.38. The van der Waals surface area contributed by atoms with Gasteiger partial charge in [-0.3, -0.25) is 19.4 Å². The highest BCUT2D eigenvalue weighted by Crippen LogP contribution is 2.35. The molecule has 0 spiro atoms. The Hall–Kier alpha value is -4.18. The molecule has 3 aromatic carbocycles. The van der Waals surface area contributed by atoms with E-state index in [1.54, 1.807) is 68.8 Å². The normalized spacial score (nSPS) is 10.7. The van der Waals surface area contributed by atoms with Crippen molar-refractivity contribution in [2.75, 3.05) is 25.5 Å². The van der Waals surface area contributed by atoms with E-state index in [9.17, 15) is 14.4 Å². The molecule has 0 unspecified atom stereocenters. The van der Waals surface area contributed by atoms with E-state index in [-0.39, 0.29) is 36.5 Å². The maximum Gasteiger partial charge on any atom is 0.251 e. The third kappa shape index (κ3) is 7.76. The van der Waals surface area contributed by atoms with E-state index >= 15 is 0 Å². The van der Waals surface area contributed by atoms with Gasteiger partial charge in [0.1, 0.15) is 17.9 Å². The zero-order valence-electron chi connectivity index (χ0n) is 23.0. The minimum Gasteiger partial charge on any atom is -0.486 e. The quantitative estimate of drug-likeness (QED) is 0.240. The van der Waals surface area contributed by atoms with E-state index < -0.39 is 11.8 Å². The number of carbonyl (C=O) groups excluding carboxylic acids is 3. The minimum absolute atomic E-state index is 0. The number of carbonyl (C=O) groups is 3. The number of anilines is 1. The second-order valence-electron chi connectivity index (χ2n) is 8.99. The number of benzene rings is 3. The number of para-hydroxylation sites is 1. The fraction of sp³-hybridized carbons (Fsp3) is 0.167. The van der Waals surface area contributed by atoms with Crippen LogP contribution in [0.5, 0.6) is 5.75 Å². The molecule has 0 aliphatic heterocycles. The summed E-state index contributed by atoms with van der Waals surface area (Å²) >= 11 is 13.1. The molecule has 0 atom stereocenters. The molecular formula is C30H28Cl3N5O4. The predicted octanol–water partition coefficient (Wildman–Crippen LogP) is 5.40. The number of halogens is 3. The Morgan fingerprint density at radius 2 is 1.79 bits per heavy atom. The van der Waals surface area contributed by atoms with Crippen LogP contribution in [0.4, 0.5) is 5.69 Å². The molecule has 0 aliphatic rings. The first-order valence-electron chi connectivity index (χ1n) is 12.5. The Kier molecular flexibility index (Phi) is 11.3. The summed E-state index contributed by atoms with van der Waals surface area (Å²) in [5.41, 5.74) is 4.22. The molecule has 0 aliphatic carbocycles. The Labute approximate surface area is 259 Å². The number of aryl methyl sites for hydroxylation is 1. The van der Waals surface area contributed by atoms with Gasteiger partial charge < -0.3 is 20.3 Å². The van der Waals surface area contributed by atoms with Crippen LogP contribution in [0, 0.1) is 6.92 Å². The molecule has 218 valence electrons. The lowest BCUT2D eigenvalue weighted by Gasteiger charge is -2.21. The van der Waals surface area contributed by atoms with Crippen LogP contribution in [0.25, 0.3) is 17.1 Å². The molecule has 42 heavy (non-hydrogen) atoms. The Morgan fingerprint density at radius 3 is 2.50 bits per heavy atom. The summed E-state index contributed by atoms with van der Waals surface area (Å²) in [5.74, 6) is -0.515. The molecule has 1 heterocycles. The fourth-order valence-corrected chi connectivity index (χ4v) is 4.48. The van der Waals surface area contributed by atoms with Crippen molar-refractivity contribution < 1.29 is 19.1 Å². The maximum absolute atomic E-state index is 12.9. The molecule has 0 saturated carbocycles. The summed E-state index contributed by atoms with van der Waals surface area (Å²) < 4.78 is 6.02. The van der Waals surface area contributed by atoms with Crippen molar-refractivity contribution >= 4 is 76.1 Å². The first-order chi connectivity index (χ1) is 19.7. The number of amides is 3. The lowest BCUT2D eigenvalue weighted by Crippen LogP contribution is -2.37. The average Bonchev–Trinajstić information content (AvgIpc) is 2.98. The van der Waals surface area contributed by atoms with E-state index in [1.165, 1.54) is 11.0 Å². The summed E-state index contributed by atoms with van der Waals surface area (Å²) in [6.07, 6.45) is 4.58. The van der Waals surface area contributed by atoms with Gasteiger partial charge in [-0.25, -0.2) is 4.98 Å². The topological polar surface area (TPSA) is 114 Å². The molecule has 2 N–H and O–H groups in total. The molecular weight excluding hydrogens is 601 g/mol. The fourth-order valence-electron chi connectivity index (χ4n) is 3.87. The van der Waals surface area contributed by atoms with Gasteiger partial charge in [0.25, 0.3) is 5.91 Å². The highest BCUT2D eigenvalue weighted by Gasteiger charge is 2.19. The summed E-state index contributed by atoms with van der Waals surface area (Å²) in [4.78, 5) is 47.0. The van der Waals surface area contributed by atoms with Gasteiger partial charge in [-0.05, 0) is 55.0 Å². The zero-order chi connectivity index (χ0) is 29.5. The number of fused-ring (bicyclic) bond motifs is 1. The smallest absolute Gasteiger partial charge is 0.251 e. The summed E-state index contributed by atoms with van der Waals surface area (Å²) in [6, 6.07) is 15.4. The first kappa shape index (κ1) is 32.3. The van der Waals surface area contributed by atoms with Crippen molar-refractivity contribution in [1.82, 2.24) is 20.6 Å². The van der Waals surface area contributed by atoms with Crippen molar-refractivity contribution in [3.05, 3.63) is 99.3 Å². The van der Waals surface area contributed by atoms with Gasteiger partial charge in [-0.2, -0.15) is 0 Å². The van der Waals surface area contributed by atoms with E-state index in [0.717, 1.165) is 11.3 Å². The second kappa shape index (κ2) is 14.6. The number of rotatable bonds is 9. The van der Waals surface area contributed by atoms with Crippen LogP contribution in [-0.4, -0.2) is 48.3 Å². The molecule has 0 saturated heterocycles. The molecule has 0 bridgehead atoms. The lowest BCUT2D eigenvalue weighted by atomic mass is 10.1.